The molecule has 0 amide bonds. The second-order valence-electron chi connectivity index (χ2n) is 5.59. The number of hydrogen-bond acceptors (Lipinski definition) is 4. The van der Waals surface area contributed by atoms with E-state index < -0.39 is 0 Å². The average Bonchev–Trinajstić information content (AvgIpc) is 2.59. The minimum absolute atomic E-state index is 0.233. The molecule has 0 aliphatic rings. The van der Waals surface area contributed by atoms with Crippen molar-refractivity contribution in [1.29, 1.82) is 0 Å². The molecule has 0 unspecified atom stereocenters. The molecule has 0 atom stereocenters. The smallest absolute Gasteiger partial charge is 0.322 e. The summed E-state index contributed by atoms with van der Waals surface area (Å²) in [6, 6.07) is 13.6. The highest BCUT2D eigenvalue weighted by molar-refractivity contribution is 5.66. The molecule has 0 bridgehead atoms. The van der Waals surface area contributed by atoms with Crippen LogP contribution in [0.15, 0.2) is 42.5 Å². The van der Waals surface area contributed by atoms with Crippen LogP contribution in [0.3, 0.4) is 0 Å². The Hall–Kier alpha value is -2.56. The van der Waals surface area contributed by atoms with Crippen molar-refractivity contribution in [3.8, 4) is 5.75 Å². The van der Waals surface area contributed by atoms with Crippen molar-refractivity contribution >= 4 is 17.1 Å². The third-order valence-corrected chi connectivity index (χ3v) is 3.85. The Morgan fingerprint density at radius 2 is 1.61 bits per heavy atom. The molecule has 0 spiro atoms. The first-order chi connectivity index (χ1) is 11.0. The highest BCUT2D eigenvalue weighted by atomic mass is 16.8. The van der Waals surface area contributed by atoms with Crippen molar-refractivity contribution in [3.05, 3.63) is 52.9 Å². The van der Waals surface area contributed by atoms with Crippen LogP contribution in [0.1, 0.15) is 25.3 Å². The Bertz CT molecular complexity index is 681. The summed E-state index contributed by atoms with van der Waals surface area (Å²) < 4.78 is 5.18. The van der Waals surface area contributed by atoms with Crippen LogP contribution in [0.25, 0.3) is 0 Å². The van der Waals surface area contributed by atoms with E-state index in [-0.39, 0.29) is 5.92 Å². The van der Waals surface area contributed by atoms with E-state index in [4.69, 9.17) is 9.57 Å². The van der Waals surface area contributed by atoms with Gasteiger partial charge in [-0.25, -0.2) is 4.84 Å². The van der Waals surface area contributed by atoms with Crippen LogP contribution < -0.4 is 9.64 Å². The maximum Gasteiger partial charge on any atom is 0.322 e. The number of hydrogen-bond donors (Lipinski definition) is 0. The quantitative estimate of drug-likeness (QED) is 0.733. The zero-order valence-corrected chi connectivity index (χ0v) is 14.2. The van der Waals surface area contributed by atoms with Crippen molar-refractivity contribution in [3.63, 3.8) is 0 Å². The molecule has 0 saturated carbocycles. The standard InChI is InChI=1S/C18H23N2O3/c1-13(2)17-11-8-15(12-18(17)20(21)23-5)19(3)14-6-9-16(22-4)10-7-14/h6-13H,1-5H3/q+1. The van der Waals surface area contributed by atoms with Crippen LogP contribution >= 0.6 is 0 Å². The number of anilines is 2. The van der Waals surface area contributed by atoms with Gasteiger partial charge < -0.3 is 9.64 Å². The lowest BCUT2D eigenvalue weighted by atomic mass is 10.0. The summed E-state index contributed by atoms with van der Waals surface area (Å²) in [5.74, 6) is 1.04. The molecular formula is C18H23N2O3+. The van der Waals surface area contributed by atoms with E-state index in [1.807, 2.05) is 54.4 Å². The Kier molecular flexibility index (Phi) is 5.21. The minimum Gasteiger partial charge on any atom is -0.497 e. The fourth-order valence-electron chi connectivity index (χ4n) is 2.44. The first kappa shape index (κ1) is 16.8. The normalized spacial score (nSPS) is 10.5. The van der Waals surface area contributed by atoms with Crippen LogP contribution in [0.5, 0.6) is 5.75 Å². The summed E-state index contributed by atoms with van der Waals surface area (Å²) in [5.41, 5.74) is 3.39. The SMILES string of the molecule is COc1ccc(N(C)c2ccc(C(C)C)c([N+](=O)OC)c2)cc1. The van der Waals surface area contributed by atoms with Gasteiger partial charge in [0.25, 0.3) is 4.92 Å². The zero-order valence-electron chi connectivity index (χ0n) is 14.2. The van der Waals surface area contributed by atoms with Gasteiger partial charge in [0.15, 0.2) is 7.11 Å². The first-order valence-electron chi connectivity index (χ1n) is 7.51. The first-order valence-corrected chi connectivity index (χ1v) is 7.51. The van der Waals surface area contributed by atoms with Crippen LogP contribution in [0, 0.1) is 4.91 Å². The van der Waals surface area contributed by atoms with Gasteiger partial charge in [0.2, 0.25) is 0 Å². The van der Waals surface area contributed by atoms with E-state index in [1.165, 1.54) is 7.11 Å². The van der Waals surface area contributed by atoms with Crippen molar-refractivity contribution in [2.75, 3.05) is 26.2 Å². The van der Waals surface area contributed by atoms with Gasteiger partial charge in [-0.1, -0.05) is 13.8 Å². The molecule has 2 rings (SSSR count). The van der Waals surface area contributed by atoms with E-state index in [0.717, 1.165) is 22.7 Å². The van der Waals surface area contributed by atoms with Crippen molar-refractivity contribution < 1.29 is 14.5 Å². The molecule has 23 heavy (non-hydrogen) atoms. The highest BCUT2D eigenvalue weighted by Gasteiger charge is 2.24. The van der Waals surface area contributed by atoms with Gasteiger partial charge in [0, 0.05) is 30.1 Å². The van der Waals surface area contributed by atoms with Crippen molar-refractivity contribution in [2.45, 2.75) is 19.8 Å². The largest absolute Gasteiger partial charge is 0.497 e. The summed E-state index contributed by atoms with van der Waals surface area (Å²) in [5, 5.41) is 0. The summed E-state index contributed by atoms with van der Waals surface area (Å²) in [7, 11) is 4.97. The molecule has 0 heterocycles. The van der Waals surface area contributed by atoms with Gasteiger partial charge >= 0.3 is 5.69 Å². The fraction of sp³-hybridized carbons (Fsp3) is 0.333. The molecule has 122 valence electrons. The lowest BCUT2D eigenvalue weighted by Crippen LogP contribution is -2.11. The maximum atomic E-state index is 12.0. The summed E-state index contributed by atoms with van der Waals surface area (Å²) in [4.78, 5) is 19.4. The Morgan fingerprint density at radius 1 is 1.00 bits per heavy atom. The van der Waals surface area contributed by atoms with Crippen LogP contribution in [0.2, 0.25) is 0 Å². The summed E-state index contributed by atoms with van der Waals surface area (Å²) >= 11 is 0. The number of ether oxygens (including phenoxy) is 1. The number of nitrogens with zero attached hydrogens (tertiary/aromatic N) is 2. The molecule has 5 nitrogen and oxygen atoms in total. The Balaban J connectivity index is 2.40. The third kappa shape index (κ3) is 3.62. The van der Waals surface area contributed by atoms with Gasteiger partial charge in [-0.2, -0.15) is 0 Å². The van der Waals surface area contributed by atoms with E-state index in [2.05, 4.69) is 13.8 Å². The molecule has 2 aromatic rings. The van der Waals surface area contributed by atoms with E-state index in [1.54, 1.807) is 7.11 Å². The lowest BCUT2D eigenvalue weighted by Gasteiger charge is -2.20. The number of methoxy groups -OCH3 is 1. The zero-order chi connectivity index (χ0) is 17.0. The summed E-state index contributed by atoms with van der Waals surface area (Å²) in [6.07, 6.45) is 0. The van der Waals surface area contributed by atoms with Gasteiger partial charge in [0.05, 0.1) is 12.0 Å². The van der Waals surface area contributed by atoms with Crippen LogP contribution in [-0.2, 0) is 4.84 Å². The minimum atomic E-state index is 0.233. The van der Waals surface area contributed by atoms with E-state index in [9.17, 15) is 4.91 Å². The average molecular weight is 315 g/mol. The summed E-state index contributed by atoms with van der Waals surface area (Å²) in [6.45, 7) is 4.10. The van der Waals surface area contributed by atoms with Crippen LogP contribution in [0.4, 0.5) is 17.1 Å². The Labute approximate surface area is 137 Å². The molecule has 5 heteroatoms. The van der Waals surface area contributed by atoms with E-state index in [0.29, 0.717) is 10.6 Å². The maximum absolute atomic E-state index is 12.0. The van der Waals surface area contributed by atoms with Gasteiger partial charge in [0.1, 0.15) is 5.75 Å². The van der Waals surface area contributed by atoms with Crippen molar-refractivity contribution in [2.24, 2.45) is 0 Å². The lowest BCUT2D eigenvalue weighted by molar-refractivity contribution is -0.737. The topological polar surface area (TPSA) is 41.8 Å². The monoisotopic (exact) mass is 315 g/mol. The Morgan fingerprint density at radius 3 is 2.13 bits per heavy atom. The van der Waals surface area contributed by atoms with Crippen LogP contribution in [-0.4, -0.2) is 26.2 Å². The molecule has 0 aliphatic heterocycles. The second kappa shape index (κ2) is 7.13. The molecule has 0 fully saturated rings. The molecule has 0 aromatic heterocycles. The highest BCUT2D eigenvalue weighted by Crippen LogP contribution is 2.33. The molecular weight excluding hydrogens is 292 g/mol. The second-order valence-corrected chi connectivity index (χ2v) is 5.59. The third-order valence-electron chi connectivity index (χ3n) is 3.85. The van der Waals surface area contributed by atoms with Crippen molar-refractivity contribution in [1.82, 2.24) is 0 Å². The predicted octanol–water partition coefficient (Wildman–Crippen LogP) is 4.56. The molecule has 0 saturated heterocycles. The predicted molar refractivity (Wildman–Crippen MR) is 91.9 cm³/mol. The van der Waals surface area contributed by atoms with Gasteiger partial charge in [-0.15, -0.1) is 0 Å². The molecule has 0 aliphatic carbocycles. The van der Waals surface area contributed by atoms with Gasteiger partial charge in [-0.3, -0.25) is 0 Å². The number of rotatable bonds is 6. The molecule has 0 radical (unpaired) electrons. The van der Waals surface area contributed by atoms with E-state index >= 15 is 0 Å². The van der Waals surface area contributed by atoms with Gasteiger partial charge in [-0.05, 0) is 42.3 Å². The molecule has 0 N–H and O–H groups in total. The number of benzene rings is 2. The molecule has 2 aromatic carbocycles. The fourth-order valence-corrected chi connectivity index (χ4v) is 2.44.